The highest BCUT2D eigenvalue weighted by Crippen LogP contribution is 2.13. The molecule has 1 heterocycles. The van der Waals surface area contributed by atoms with Gasteiger partial charge in [-0.15, -0.1) is 0 Å². The van der Waals surface area contributed by atoms with Crippen molar-refractivity contribution in [1.29, 1.82) is 0 Å². The van der Waals surface area contributed by atoms with E-state index in [2.05, 4.69) is 5.32 Å². The van der Waals surface area contributed by atoms with Gasteiger partial charge in [-0.05, 0) is 31.5 Å². The smallest absolute Gasteiger partial charge is 0.347 e. The number of aromatic carboxylic acids is 1. The van der Waals surface area contributed by atoms with Crippen LogP contribution in [0.5, 0.6) is 0 Å². The molecule has 2 rings (SSSR count). The molecule has 0 unspecified atom stereocenters. The molecule has 1 aromatic heterocycles. The molecule has 21 heavy (non-hydrogen) atoms. The Bertz CT molecular complexity index is 761. The summed E-state index contributed by atoms with van der Waals surface area (Å²) in [5.74, 6) is -1.53. The summed E-state index contributed by atoms with van der Waals surface area (Å²) in [5.41, 5.74) is 1.93. The number of anilines is 1. The van der Waals surface area contributed by atoms with Crippen LogP contribution in [0.3, 0.4) is 0 Å². The van der Waals surface area contributed by atoms with Gasteiger partial charge in [0.15, 0.2) is 0 Å². The summed E-state index contributed by atoms with van der Waals surface area (Å²) in [4.78, 5) is 34.2. The van der Waals surface area contributed by atoms with Crippen LogP contribution < -0.4 is 10.2 Å². The molecule has 0 saturated carbocycles. The standard InChI is InChI=1S/C14H14N2O4S/c1-8-4-3-5-10(6-8)15-11(17)7-16-9(2)12(13(18)19)21-14(16)20/h3-6H,7H2,1-2H3,(H,15,17)(H,18,19). The Hall–Kier alpha value is -2.41. The topological polar surface area (TPSA) is 88.4 Å². The van der Waals surface area contributed by atoms with Gasteiger partial charge in [0.1, 0.15) is 11.4 Å². The van der Waals surface area contributed by atoms with E-state index < -0.39 is 10.8 Å². The molecule has 0 atom stereocenters. The zero-order valence-electron chi connectivity index (χ0n) is 11.5. The number of carboxylic acids is 1. The number of nitrogens with zero attached hydrogens (tertiary/aromatic N) is 1. The number of hydrogen-bond acceptors (Lipinski definition) is 4. The Morgan fingerprint density at radius 2 is 2.05 bits per heavy atom. The second-order valence-corrected chi connectivity index (χ2v) is 5.55. The summed E-state index contributed by atoms with van der Waals surface area (Å²) < 4.78 is 1.17. The fraction of sp³-hybridized carbons (Fsp3) is 0.214. The number of rotatable bonds is 4. The van der Waals surface area contributed by atoms with Gasteiger partial charge >= 0.3 is 10.8 Å². The highest BCUT2D eigenvalue weighted by atomic mass is 32.1. The Kier molecular flexibility index (Phi) is 4.23. The molecule has 6 nitrogen and oxygen atoms in total. The van der Waals surface area contributed by atoms with Crippen LogP contribution in [-0.4, -0.2) is 21.6 Å². The third-order valence-corrected chi connectivity index (χ3v) is 4.01. The first-order chi connectivity index (χ1) is 9.88. The van der Waals surface area contributed by atoms with Gasteiger partial charge in [-0.25, -0.2) is 4.79 Å². The van der Waals surface area contributed by atoms with Gasteiger partial charge < -0.3 is 10.4 Å². The number of nitrogens with one attached hydrogen (secondary N) is 1. The van der Waals surface area contributed by atoms with Crippen LogP contribution in [0.2, 0.25) is 0 Å². The van der Waals surface area contributed by atoms with E-state index >= 15 is 0 Å². The molecule has 0 radical (unpaired) electrons. The van der Waals surface area contributed by atoms with Crippen molar-refractivity contribution in [3.05, 3.63) is 50.1 Å². The number of carbonyl (C=O) groups excluding carboxylic acids is 1. The Balaban J connectivity index is 2.17. The molecular formula is C14H14N2O4S. The molecule has 1 amide bonds. The molecular weight excluding hydrogens is 292 g/mol. The maximum atomic E-state index is 12.0. The normalized spacial score (nSPS) is 10.4. The minimum atomic E-state index is -1.16. The highest BCUT2D eigenvalue weighted by molar-refractivity contribution is 7.11. The first-order valence-corrected chi connectivity index (χ1v) is 7.00. The van der Waals surface area contributed by atoms with E-state index in [9.17, 15) is 14.4 Å². The molecule has 110 valence electrons. The van der Waals surface area contributed by atoms with Crippen molar-refractivity contribution < 1.29 is 14.7 Å². The zero-order chi connectivity index (χ0) is 15.6. The van der Waals surface area contributed by atoms with Crippen molar-refractivity contribution in [2.24, 2.45) is 0 Å². The number of thiazole rings is 1. The van der Waals surface area contributed by atoms with Crippen molar-refractivity contribution in [1.82, 2.24) is 4.57 Å². The van der Waals surface area contributed by atoms with Crippen molar-refractivity contribution in [3.63, 3.8) is 0 Å². The average Bonchev–Trinajstić information content (AvgIpc) is 2.67. The monoisotopic (exact) mass is 306 g/mol. The summed E-state index contributed by atoms with van der Waals surface area (Å²) >= 11 is 0.628. The number of aryl methyl sites for hydroxylation is 1. The molecule has 0 bridgehead atoms. The summed E-state index contributed by atoms with van der Waals surface area (Å²) in [6, 6.07) is 7.28. The van der Waals surface area contributed by atoms with E-state index in [4.69, 9.17) is 5.11 Å². The highest BCUT2D eigenvalue weighted by Gasteiger charge is 2.18. The van der Waals surface area contributed by atoms with Crippen LogP contribution in [0.1, 0.15) is 20.9 Å². The van der Waals surface area contributed by atoms with E-state index in [0.717, 1.165) is 5.56 Å². The van der Waals surface area contributed by atoms with Gasteiger partial charge in [-0.1, -0.05) is 23.5 Å². The van der Waals surface area contributed by atoms with Crippen LogP contribution in [-0.2, 0) is 11.3 Å². The predicted molar refractivity (Wildman–Crippen MR) is 80.1 cm³/mol. The van der Waals surface area contributed by atoms with Crippen LogP contribution in [0.15, 0.2) is 29.1 Å². The second-order valence-electron chi connectivity index (χ2n) is 4.59. The quantitative estimate of drug-likeness (QED) is 0.902. The third-order valence-electron chi connectivity index (χ3n) is 2.94. The van der Waals surface area contributed by atoms with Crippen molar-refractivity contribution in [2.45, 2.75) is 20.4 Å². The maximum Gasteiger partial charge on any atom is 0.347 e. The number of benzene rings is 1. The van der Waals surface area contributed by atoms with Crippen LogP contribution >= 0.6 is 11.3 Å². The van der Waals surface area contributed by atoms with E-state index in [1.807, 2.05) is 25.1 Å². The van der Waals surface area contributed by atoms with E-state index in [0.29, 0.717) is 17.0 Å². The third kappa shape index (κ3) is 3.38. The van der Waals surface area contributed by atoms with Crippen molar-refractivity contribution >= 4 is 28.9 Å². The molecule has 0 fully saturated rings. The Labute approximate surface area is 124 Å². The summed E-state index contributed by atoms with van der Waals surface area (Å²) in [7, 11) is 0. The second kappa shape index (κ2) is 5.92. The van der Waals surface area contributed by atoms with Crippen molar-refractivity contribution in [2.75, 3.05) is 5.32 Å². The SMILES string of the molecule is Cc1cccc(NC(=O)Cn2c(C)c(C(=O)O)sc2=O)c1. The van der Waals surface area contributed by atoms with E-state index in [1.54, 1.807) is 6.07 Å². The summed E-state index contributed by atoms with van der Waals surface area (Å²) in [6.07, 6.45) is 0. The number of amides is 1. The summed E-state index contributed by atoms with van der Waals surface area (Å²) in [5, 5.41) is 11.6. The Morgan fingerprint density at radius 3 is 2.62 bits per heavy atom. The molecule has 0 aliphatic carbocycles. The van der Waals surface area contributed by atoms with Crippen molar-refractivity contribution in [3.8, 4) is 0 Å². The van der Waals surface area contributed by atoms with Gasteiger partial charge in [-0.2, -0.15) is 0 Å². The molecule has 0 aliphatic heterocycles. The molecule has 2 N–H and O–H groups in total. The number of carboxylic acid groups (broad SMARTS) is 1. The fourth-order valence-corrected chi connectivity index (χ4v) is 2.76. The van der Waals surface area contributed by atoms with Gasteiger partial charge in [-0.3, -0.25) is 14.2 Å². The molecule has 2 aromatic rings. The van der Waals surface area contributed by atoms with Crippen LogP contribution in [0, 0.1) is 13.8 Å². The largest absolute Gasteiger partial charge is 0.477 e. The van der Waals surface area contributed by atoms with Gasteiger partial charge in [0.05, 0.1) is 0 Å². The van der Waals surface area contributed by atoms with Crippen LogP contribution in [0.4, 0.5) is 5.69 Å². The minimum Gasteiger partial charge on any atom is -0.477 e. The van der Waals surface area contributed by atoms with Gasteiger partial charge in [0, 0.05) is 11.4 Å². The number of aromatic nitrogens is 1. The Morgan fingerprint density at radius 1 is 1.33 bits per heavy atom. The van der Waals surface area contributed by atoms with E-state index in [1.165, 1.54) is 11.5 Å². The first-order valence-electron chi connectivity index (χ1n) is 6.18. The average molecular weight is 306 g/mol. The van der Waals surface area contributed by atoms with Gasteiger partial charge in [0.2, 0.25) is 5.91 Å². The van der Waals surface area contributed by atoms with E-state index in [-0.39, 0.29) is 23.0 Å². The lowest BCUT2D eigenvalue weighted by atomic mass is 10.2. The molecule has 0 aliphatic rings. The van der Waals surface area contributed by atoms with Crippen LogP contribution in [0.25, 0.3) is 0 Å². The molecule has 0 spiro atoms. The zero-order valence-corrected chi connectivity index (χ0v) is 12.4. The molecule has 7 heteroatoms. The lowest BCUT2D eigenvalue weighted by Crippen LogP contribution is -2.25. The summed E-state index contributed by atoms with van der Waals surface area (Å²) in [6.45, 7) is 3.21. The van der Waals surface area contributed by atoms with Gasteiger partial charge in [0.25, 0.3) is 0 Å². The maximum absolute atomic E-state index is 12.0. The first kappa shape index (κ1) is 15.0. The minimum absolute atomic E-state index is 0.0386. The lowest BCUT2D eigenvalue weighted by molar-refractivity contribution is -0.116. The number of carbonyl (C=O) groups is 2. The lowest BCUT2D eigenvalue weighted by Gasteiger charge is -2.07. The fourth-order valence-electron chi connectivity index (χ4n) is 1.92. The number of hydrogen-bond donors (Lipinski definition) is 2. The predicted octanol–water partition coefficient (Wildman–Crippen LogP) is 1.86. The molecule has 1 aromatic carbocycles. The molecule has 0 saturated heterocycles.